The van der Waals surface area contributed by atoms with Gasteiger partial charge in [0.15, 0.2) is 5.72 Å². The van der Waals surface area contributed by atoms with Crippen LogP contribution in [0, 0.1) is 17.7 Å². The van der Waals surface area contributed by atoms with E-state index in [1.54, 1.807) is 12.1 Å². The van der Waals surface area contributed by atoms with Gasteiger partial charge in [-0.3, -0.25) is 4.84 Å². The molecule has 2 aromatic rings. The Balaban J connectivity index is 1.27. The topological polar surface area (TPSA) is 45.8 Å². The maximum atomic E-state index is 13.0. The zero-order valence-corrected chi connectivity index (χ0v) is 14.5. The van der Waals surface area contributed by atoms with Crippen molar-refractivity contribution in [2.24, 2.45) is 11.8 Å². The van der Waals surface area contributed by atoms with Crippen LogP contribution in [0.1, 0.15) is 32.1 Å². The monoisotopic (exact) mass is 355 g/mol. The number of hydrazine groups is 2. The van der Waals surface area contributed by atoms with Crippen LogP contribution in [0.5, 0.6) is 11.5 Å². The van der Waals surface area contributed by atoms with Gasteiger partial charge in [-0.05, 0) is 86.6 Å². The largest absolute Gasteiger partial charge is 0.457 e. The molecule has 1 unspecified atom stereocenters. The van der Waals surface area contributed by atoms with Crippen LogP contribution in [-0.4, -0.2) is 5.72 Å². The van der Waals surface area contributed by atoms with Gasteiger partial charge in [-0.2, -0.15) is 5.43 Å². The first-order valence-corrected chi connectivity index (χ1v) is 9.25. The normalized spacial score (nSPS) is 30.1. The van der Waals surface area contributed by atoms with Crippen LogP contribution in [0.3, 0.4) is 0 Å². The number of benzene rings is 2. The molecule has 2 aromatic carbocycles. The van der Waals surface area contributed by atoms with E-state index in [4.69, 9.17) is 9.57 Å². The van der Waals surface area contributed by atoms with E-state index in [-0.39, 0.29) is 11.5 Å². The zero-order valence-electron chi connectivity index (χ0n) is 14.5. The lowest BCUT2D eigenvalue weighted by Gasteiger charge is -2.47. The molecule has 3 aliphatic carbocycles. The van der Waals surface area contributed by atoms with Gasteiger partial charge in [0.1, 0.15) is 17.3 Å². The van der Waals surface area contributed by atoms with E-state index in [0.29, 0.717) is 17.4 Å². The molecule has 136 valence electrons. The van der Waals surface area contributed by atoms with E-state index in [9.17, 15) is 4.39 Å². The molecule has 1 saturated heterocycles. The average Bonchev–Trinajstić information content (AvgIpc) is 3.09. The number of fused-ring (bicyclic) bond motifs is 2. The molecule has 0 amide bonds. The van der Waals surface area contributed by atoms with Crippen LogP contribution in [0.4, 0.5) is 10.1 Å². The molecule has 5 nitrogen and oxygen atoms in total. The predicted octanol–water partition coefficient (Wildman–Crippen LogP) is 4.29. The van der Waals surface area contributed by atoms with Crippen molar-refractivity contribution >= 4 is 5.69 Å². The highest BCUT2D eigenvalue weighted by Crippen LogP contribution is 2.49. The fourth-order valence-electron chi connectivity index (χ4n) is 4.47. The maximum Gasteiger partial charge on any atom is 0.163 e. The van der Waals surface area contributed by atoms with E-state index < -0.39 is 0 Å². The summed E-state index contributed by atoms with van der Waals surface area (Å²) in [5.74, 6) is 2.36. The minimum atomic E-state index is -0.274. The Morgan fingerprint density at radius 1 is 0.962 bits per heavy atom. The van der Waals surface area contributed by atoms with Crippen molar-refractivity contribution in [3.63, 3.8) is 0 Å². The summed E-state index contributed by atoms with van der Waals surface area (Å²) in [5, 5.41) is 1.85. The van der Waals surface area contributed by atoms with Gasteiger partial charge in [-0.15, -0.1) is 0 Å². The molecule has 26 heavy (non-hydrogen) atoms. The summed E-state index contributed by atoms with van der Waals surface area (Å²) in [5.41, 5.74) is 7.26. The van der Waals surface area contributed by atoms with Gasteiger partial charge >= 0.3 is 0 Å². The lowest BCUT2D eigenvalue weighted by molar-refractivity contribution is -0.153. The Morgan fingerprint density at radius 2 is 1.62 bits per heavy atom. The second-order valence-corrected chi connectivity index (χ2v) is 7.50. The molecular formula is C20H22FN3O2. The molecule has 1 aliphatic heterocycles. The zero-order chi connectivity index (χ0) is 17.6. The summed E-state index contributed by atoms with van der Waals surface area (Å²) in [4.78, 5) is 6.02. The van der Waals surface area contributed by atoms with Gasteiger partial charge in [-0.1, -0.05) is 5.59 Å². The minimum Gasteiger partial charge on any atom is -0.457 e. The van der Waals surface area contributed by atoms with Crippen LogP contribution in [0.25, 0.3) is 0 Å². The molecule has 4 fully saturated rings. The van der Waals surface area contributed by atoms with Crippen LogP contribution < -0.4 is 20.9 Å². The molecule has 6 rings (SSSR count). The number of nitrogens with one attached hydrogen (secondary N) is 2. The van der Waals surface area contributed by atoms with Gasteiger partial charge in [0.05, 0.1) is 5.69 Å². The molecule has 1 spiro atoms. The van der Waals surface area contributed by atoms with Crippen molar-refractivity contribution < 1.29 is 14.0 Å². The van der Waals surface area contributed by atoms with E-state index >= 15 is 0 Å². The molecule has 1 atom stereocenters. The standard InChI is InChI=1S/C20H22FN3O2/c21-16-5-9-18(10-6-16)25-19-11-7-17(8-12-19)24-22-20(26-23-24)13-14-1-3-15(20)4-2-14/h5-12,14-15,22-23H,1-4,13H2. The molecule has 6 heteroatoms. The summed E-state index contributed by atoms with van der Waals surface area (Å²) < 4.78 is 18.7. The fraction of sp³-hybridized carbons (Fsp3) is 0.400. The third-order valence-electron chi connectivity index (χ3n) is 5.86. The Kier molecular flexibility index (Phi) is 3.85. The molecular weight excluding hydrogens is 333 g/mol. The van der Waals surface area contributed by atoms with Crippen LogP contribution in [-0.2, 0) is 4.84 Å². The van der Waals surface area contributed by atoms with Crippen molar-refractivity contribution in [2.75, 3.05) is 5.12 Å². The van der Waals surface area contributed by atoms with E-state index in [0.717, 1.165) is 18.0 Å². The van der Waals surface area contributed by atoms with Gasteiger partial charge < -0.3 is 4.74 Å². The molecule has 4 aliphatic rings. The lowest BCUT2D eigenvalue weighted by atomic mass is 9.66. The Morgan fingerprint density at radius 3 is 2.23 bits per heavy atom. The average molecular weight is 355 g/mol. The predicted molar refractivity (Wildman–Crippen MR) is 95.5 cm³/mol. The molecule has 1 heterocycles. The number of hydrogen-bond donors (Lipinski definition) is 2. The molecule has 0 radical (unpaired) electrons. The first kappa shape index (κ1) is 16.1. The summed E-state index contributed by atoms with van der Waals surface area (Å²) in [6.07, 6.45) is 6.18. The number of hydrogen-bond acceptors (Lipinski definition) is 5. The van der Waals surface area contributed by atoms with Crippen molar-refractivity contribution in [2.45, 2.75) is 37.8 Å². The van der Waals surface area contributed by atoms with Crippen LogP contribution in [0.15, 0.2) is 48.5 Å². The SMILES string of the molecule is Fc1ccc(Oc2ccc(N3NOC4(CC5CCC4CC5)N3)cc2)cc1. The lowest BCUT2D eigenvalue weighted by Crippen LogP contribution is -2.57. The molecule has 3 saturated carbocycles. The number of nitrogens with zero attached hydrogens (tertiary/aromatic N) is 1. The second-order valence-electron chi connectivity index (χ2n) is 7.50. The highest BCUT2D eigenvalue weighted by molar-refractivity contribution is 5.48. The van der Waals surface area contributed by atoms with Gasteiger partial charge in [0.2, 0.25) is 0 Å². The Hall–Kier alpha value is -2.15. The molecule has 2 N–H and O–H groups in total. The van der Waals surface area contributed by atoms with E-state index in [1.165, 1.54) is 37.8 Å². The van der Waals surface area contributed by atoms with Crippen molar-refractivity contribution in [1.29, 1.82) is 0 Å². The smallest absolute Gasteiger partial charge is 0.163 e. The van der Waals surface area contributed by atoms with Gasteiger partial charge in [0.25, 0.3) is 0 Å². The highest BCUT2D eigenvalue weighted by Gasteiger charge is 2.53. The summed E-state index contributed by atoms with van der Waals surface area (Å²) >= 11 is 0. The minimum absolute atomic E-state index is 0.273. The summed E-state index contributed by atoms with van der Waals surface area (Å²) in [6, 6.07) is 13.7. The van der Waals surface area contributed by atoms with Crippen molar-refractivity contribution in [1.82, 2.24) is 11.0 Å². The number of ether oxygens (including phenoxy) is 1. The third-order valence-corrected chi connectivity index (χ3v) is 5.86. The third kappa shape index (κ3) is 2.84. The van der Waals surface area contributed by atoms with Crippen LogP contribution in [0.2, 0.25) is 0 Å². The first-order chi connectivity index (χ1) is 12.7. The Labute approximate surface area is 152 Å². The van der Waals surface area contributed by atoms with Gasteiger partial charge in [-0.25, -0.2) is 9.51 Å². The van der Waals surface area contributed by atoms with Gasteiger partial charge in [0, 0.05) is 5.92 Å². The second kappa shape index (κ2) is 6.23. The van der Waals surface area contributed by atoms with Crippen molar-refractivity contribution in [3.8, 4) is 11.5 Å². The fourth-order valence-corrected chi connectivity index (χ4v) is 4.47. The molecule has 0 aromatic heterocycles. The Bertz CT molecular complexity index is 775. The first-order valence-electron chi connectivity index (χ1n) is 9.25. The summed E-state index contributed by atoms with van der Waals surface area (Å²) in [7, 11) is 0. The number of rotatable bonds is 3. The van der Waals surface area contributed by atoms with E-state index in [2.05, 4.69) is 11.0 Å². The quantitative estimate of drug-likeness (QED) is 0.860. The number of anilines is 1. The molecule has 2 bridgehead atoms. The van der Waals surface area contributed by atoms with Crippen molar-refractivity contribution in [3.05, 3.63) is 54.3 Å². The van der Waals surface area contributed by atoms with Crippen LogP contribution >= 0.6 is 0 Å². The number of halogens is 1. The maximum absolute atomic E-state index is 13.0. The van der Waals surface area contributed by atoms with E-state index in [1.807, 2.05) is 29.4 Å². The highest BCUT2D eigenvalue weighted by atomic mass is 19.1. The summed E-state index contributed by atoms with van der Waals surface area (Å²) in [6.45, 7) is 0.